The number of halogens is 1. The van der Waals surface area contributed by atoms with Crippen LogP contribution in [-0.2, 0) is 15.6 Å². The zero-order valence-electron chi connectivity index (χ0n) is 12.0. The summed E-state index contributed by atoms with van der Waals surface area (Å²) in [5.74, 6) is 0.768. The first-order valence-corrected chi connectivity index (χ1v) is 9.38. The van der Waals surface area contributed by atoms with Gasteiger partial charge in [-0.2, -0.15) is 4.98 Å². The molecule has 0 radical (unpaired) electrons. The Kier molecular flexibility index (Phi) is 4.49. The molecule has 1 saturated carbocycles. The molecule has 0 N–H and O–H groups in total. The maximum Gasteiger partial charge on any atom is 0.229 e. The minimum atomic E-state index is -3.52. The molecule has 1 fully saturated rings. The van der Waals surface area contributed by atoms with Crippen molar-refractivity contribution >= 4 is 21.4 Å². The van der Waals surface area contributed by atoms with Crippen LogP contribution in [-0.4, -0.2) is 18.6 Å². The van der Waals surface area contributed by atoms with Crippen molar-refractivity contribution in [1.29, 1.82) is 0 Å². The van der Waals surface area contributed by atoms with Crippen LogP contribution < -0.4 is 0 Å². The Balaban J connectivity index is 1.76. The van der Waals surface area contributed by atoms with Crippen LogP contribution in [0.3, 0.4) is 0 Å². The lowest BCUT2D eigenvalue weighted by Crippen LogP contribution is -2.07. The molecule has 2 aromatic rings. The van der Waals surface area contributed by atoms with Crippen molar-refractivity contribution in [1.82, 2.24) is 10.1 Å². The van der Waals surface area contributed by atoms with E-state index in [1.807, 2.05) is 0 Å². The van der Waals surface area contributed by atoms with E-state index in [9.17, 15) is 8.42 Å². The maximum absolute atomic E-state index is 12.4. The molecule has 22 heavy (non-hydrogen) atoms. The lowest BCUT2D eigenvalue weighted by molar-refractivity contribution is 0.312. The number of benzene rings is 1. The molecule has 3 rings (SSSR count). The fourth-order valence-electron chi connectivity index (χ4n) is 2.76. The van der Waals surface area contributed by atoms with Crippen LogP contribution >= 0.6 is 11.6 Å². The summed E-state index contributed by atoms with van der Waals surface area (Å²) in [6, 6.07) is 6.19. The molecule has 5 nitrogen and oxygen atoms in total. The molecule has 0 saturated heterocycles. The number of rotatable bonds is 4. The third-order valence-electron chi connectivity index (χ3n) is 3.91. The average molecular weight is 341 g/mol. The van der Waals surface area contributed by atoms with Gasteiger partial charge in [0.15, 0.2) is 15.7 Å². The molecule has 1 aliphatic rings. The summed E-state index contributed by atoms with van der Waals surface area (Å²) in [6.07, 6.45) is 5.61. The number of hydrogen-bond donors (Lipinski definition) is 0. The van der Waals surface area contributed by atoms with E-state index in [1.54, 1.807) is 12.1 Å². The Hall–Kier alpha value is -1.40. The number of hydrogen-bond acceptors (Lipinski definition) is 5. The summed E-state index contributed by atoms with van der Waals surface area (Å²) in [6.45, 7) is 0. The van der Waals surface area contributed by atoms with Crippen LogP contribution in [0.4, 0.5) is 0 Å². The fraction of sp³-hybridized carbons (Fsp3) is 0.467. The quantitative estimate of drug-likeness (QED) is 0.847. The number of aromatic nitrogens is 2. The molecule has 0 aliphatic heterocycles. The van der Waals surface area contributed by atoms with E-state index in [0.717, 1.165) is 25.7 Å². The molecule has 0 unspecified atom stereocenters. The summed E-state index contributed by atoms with van der Waals surface area (Å²) in [5, 5.41) is 4.21. The topological polar surface area (TPSA) is 73.1 Å². The Morgan fingerprint density at radius 1 is 1.23 bits per heavy atom. The van der Waals surface area contributed by atoms with Gasteiger partial charge in [0.1, 0.15) is 5.75 Å². The highest BCUT2D eigenvalue weighted by atomic mass is 35.5. The predicted molar refractivity (Wildman–Crippen MR) is 82.5 cm³/mol. The average Bonchev–Trinajstić information content (AvgIpc) is 2.96. The molecule has 0 atom stereocenters. The fourth-order valence-corrected chi connectivity index (χ4v) is 4.23. The Bertz CT molecular complexity index is 752. The highest BCUT2D eigenvalue weighted by molar-refractivity contribution is 7.90. The van der Waals surface area contributed by atoms with Crippen molar-refractivity contribution < 1.29 is 12.9 Å². The standard InChI is InChI=1S/C15H17ClN2O3S/c16-12-7-4-8-13(9-12)22(19,20)10-14-17-15(21-18-14)11-5-2-1-3-6-11/h4,7-9,11H,1-3,5-6,10H2. The van der Waals surface area contributed by atoms with E-state index < -0.39 is 9.84 Å². The molecule has 1 aromatic heterocycles. The Morgan fingerprint density at radius 2 is 2.00 bits per heavy atom. The largest absolute Gasteiger partial charge is 0.339 e. The monoisotopic (exact) mass is 340 g/mol. The molecule has 7 heteroatoms. The van der Waals surface area contributed by atoms with Gasteiger partial charge in [0.05, 0.1) is 4.90 Å². The van der Waals surface area contributed by atoms with Crippen molar-refractivity contribution in [2.24, 2.45) is 0 Å². The van der Waals surface area contributed by atoms with Gasteiger partial charge in [-0.25, -0.2) is 8.42 Å². The van der Waals surface area contributed by atoms with Gasteiger partial charge >= 0.3 is 0 Å². The van der Waals surface area contributed by atoms with Crippen molar-refractivity contribution in [2.75, 3.05) is 0 Å². The van der Waals surface area contributed by atoms with Crippen LogP contribution in [0.1, 0.15) is 49.7 Å². The zero-order valence-corrected chi connectivity index (χ0v) is 13.6. The first kappa shape index (κ1) is 15.5. The molecule has 0 bridgehead atoms. The third-order valence-corrected chi connectivity index (χ3v) is 5.76. The van der Waals surface area contributed by atoms with Crippen molar-refractivity contribution in [3.05, 3.63) is 41.0 Å². The summed E-state index contributed by atoms with van der Waals surface area (Å²) >= 11 is 5.85. The van der Waals surface area contributed by atoms with Gasteiger partial charge in [-0.1, -0.05) is 42.1 Å². The van der Waals surface area contributed by atoms with Gasteiger partial charge in [-0.05, 0) is 31.0 Å². The Morgan fingerprint density at radius 3 is 2.73 bits per heavy atom. The highest BCUT2D eigenvalue weighted by Gasteiger charge is 2.24. The van der Waals surface area contributed by atoms with E-state index >= 15 is 0 Å². The first-order valence-electron chi connectivity index (χ1n) is 7.35. The zero-order chi connectivity index (χ0) is 15.6. The van der Waals surface area contributed by atoms with Crippen LogP contribution in [0.15, 0.2) is 33.7 Å². The lowest BCUT2D eigenvalue weighted by atomic mass is 9.89. The molecule has 118 valence electrons. The van der Waals surface area contributed by atoms with Crippen LogP contribution in [0.5, 0.6) is 0 Å². The minimum absolute atomic E-state index is 0.170. The molecule has 0 amide bonds. The summed E-state index contributed by atoms with van der Waals surface area (Å²) in [7, 11) is -3.52. The molecule has 1 aromatic carbocycles. The first-order chi connectivity index (χ1) is 10.5. The van der Waals surface area contributed by atoms with Crippen LogP contribution in [0.25, 0.3) is 0 Å². The maximum atomic E-state index is 12.4. The predicted octanol–water partition coefficient (Wildman–Crippen LogP) is 3.74. The van der Waals surface area contributed by atoms with Crippen LogP contribution in [0.2, 0.25) is 5.02 Å². The smallest absolute Gasteiger partial charge is 0.229 e. The molecule has 1 aliphatic carbocycles. The molecular weight excluding hydrogens is 324 g/mol. The lowest BCUT2D eigenvalue weighted by Gasteiger charge is -2.17. The van der Waals surface area contributed by atoms with Gasteiger partial charge < -0.3 is 4.52 Å². The molecule has 0 spiro atoms. The summed E-state index contributed by atoms with van der Waals surface area (Å²) in [4.78, 5) is 4.45. The van der Waals surface area contributed by atoms with E-state index in [4.69, 9.17) is 16.1 Å². The van der Waals surface area contributed by atoms with Gasteiger partial charge in [-0.15, -0.1) is 0 Å². The van der Waals surface area contributed by atoms with Crippen molar-refractivity contribution in [3.63, 3.8) is 0 Å². The minimum Gasteiger partial charge on any atom is -0.339 e. The Labute approximate surface area is 134 Å². The second kappa shape index (κ2) is 6.38. The van der Waals surface area contributed by atoms with Gasteiger partial charge in [0.25, 0.3) is 0 Å². The van der Waals surface area contributed by atoms with Crippen molar-refractivity contribution in [3.8, 4) is 0 Å². The number of sulfone groups is 1. The van der Waals surface area contributed by atoms with E-state index in [2.05, 4.69) is 10.1 Å². The summed E-state index contributed by atoms with van der Waals surface area (Å²) in [5.41, 5.74) is 0. The van der Waals surface area contributed by atoms with Crippen molar-refractivity contribution in [2.45, 2.75) is 48.7 Å². The van der Waals surface area contributed by atoms with Crippen LogP contribution in [0, 0.1) is 0 Å². The molecular formula is C15H17ClN2O3S. The molecule has 1 heterocycles. The van der Waals surface area contributed by atoms with Gasteiger partial charge in [0, 0.05) is 10.9 Å². The second-order valence-electron chi connectivity index (χ2n) is 5.60. The van der Waals surface area contributed by atoms with Gasteiger partial charge in [0.2, 0.25) is 5.89 Å². The SMILES string of the molecule is O=S(=O)(Cc1noc(C2CCCCC2)n1)c1cccc(Cl)c1. The van der Waals surface area contributed by atoms with E-state index in [0.29, 0.717) is 10.9 Å². The third kappa shape index (κ3) is 3.50. The number of nitrogens with zero attached hydrogens (tertiary/aromatic N) is 2. The van der Waals surface area contributed by atoms with E-state index in [1.165, 1.54) is 18.6 Å². The summed E-state index contributed by atoms with van der Waals surface area (Å²) < 4.78 is 30.0. The van der Waals surface area contributed by atoms with Gasteiger partial charge in [-0.3, -0.25) is 0 Å². The highest BCUT2D eigenvalue weighted by Crippen LogP contribution is 2.31. The second-order valence-corrected chi connectivity index (χ2v) is 8.03. The normalized spacial score (nSPS) is 16.8. The van der Waals surface area contributed by atoms with E-state index in [-0.39, 0.29) is 22.4 Å².